The summed E-state index contributed by atoms with van der Waals surface area (Å²) in [6, 6.07) is 4.19. The van der Waals surface area contributed by atoms with Crippen LogP contribution in [0.15, 0.2) is 12.1 Å². The predicted molar refractivity (Wildman–Crippen MR) is 74.0 cm³/mol. The molecule has 3 nitrogen and oxygen atoms in total. The van der Waals surface area contributed by atoms with E-state index in [1.54, 1.807) is 7.11 Å². The predicted octanol–water partition coefficient (Wildman–Crippen LogP) is 2.63. The monoisotopic (exact) mass is 249 g/mol. The first-order valence-electron chi connectivity index (χ1n) is 6.37. The molecule has 100 valence electrons. The minimum atomic E-state index is 0.0451. The average molecular weight is 249 g/mol. The Hall–Kier alpha value is -1.51. The van der Waals surface area contributed by atoms with E-state index in [9.17, 15) is 4.79 Å². The number of rotatable bonds is 5. The molecule has 0 fully saturated rings. The number of ether oxygens (including phenoxy) is 1. The van der Waals surface area contributed by atoms with Crippen LogP contribution in [0.5, 0.6) is 5.75 Å². The molecular weight excluding hydrogens is 226 g/mol. The van der Waals surface area contributed by atoms with Crippen molar-refractivity contribution >= 4 is 5.91 Å². The lowest BCUT2D eigenvalue weighted by Crippen LogP contribution is -2.29. The van der Waals surface area contributed by atoms with E-state index in [-0.39, 0.29) is 11.8 Å². The van der Waals surface area contributed by atoms with Crippen LogP contribution in [0.4, 0.5) is 0 Å². The Kier molecular flexibility index (Phi) is 5.20. The van der Waals surface area contributed by atoms with E-state index >= 15 is 0 Å². The van der Waals surface area contributed by atoms with Crippen molar-refractivity contribution in [3.8, 4) is 5.75 Å². The average Bonchev–Trinajstić information content (AvgIpc) is 2.32. The van der Waals surface area contributed by atoms with Gasteiger partial charge in [0, 0.05) is 12.5 Å². The van der Waals surface area contributed by atoms with E-state index in [4.69, 9.17) is 4.74 Å². The molecule has 1 amide bonds. The van der Waals surface area contributed by atoms with E-state index in [1.165, 1.54) is 11.1 Å². The number of hydrogen-bond acceptors (Lipinski definition) is 2. The van der Waals surface area contributed by atoms with Crippen molar-refractivity contribution in [2.75, 3.05) is 13.7 Å². The summed E-state index contributed by atoms with van der Waals surface area (Å²) < 4.78 is 5.29. The molecule has 1 rings (SSSR count). The highest BCUT2D eigenvalue weighted by molar-refractivity contribution is 5.77. The zero-order valence-electron chi connectivity index (χ0n) is 12.0. The largest absolute Gasteiger partial charge is 0.496 e. The minimum Gasteiger partial charge on any atom is -0.496 e. The molecule has 0 aliphatic heterocycles. The molecule has 0 aliphatic carbocycles. The maximum atomic E-state index is 11.5. The fourth-order valence-electron chi connectivity index (χ4n) is 1.86. The van der Waals surface area contributed by atoms with Gasteiger partial charge in [0.2, 0.25) is 5.91 Å². The van der Waals surface area contributed by atoms with E-state index in [0.717, 1.165) is 17.7 Å². The number of carbonyl (C=O) groups is 1. The highest BCUT2D eigenvalue weighted by atomic mass is 16.5. The molecule has 1 aromatic carbocycles. The van der Waals surface area contributed by atoms with Crippen molar-refractivity contribution < 1.29 is 9.53 Å². The summed E-state index contributed by atoms with van der Waals surface area (Å²) in [4.78, 5) is 11.5. The molecule has 0 saturated carbocycles. The van der Waals surface area contributed by atoms with Crippen molar-refractivity contribution in [1.29, 1.82) is 0 Å². The molecule has 0 bridgehead atoms. The van der Waals surface area contributed by atoms with Crippen molar-refractivity contribution in [3.63, 3.8) is 0 Å². The highest BCUT2D eigenvalue weighted by Gasteiger charge is 2.07. The van der Waals surface area contributed by atoms with Crippen LogP contribution in [0, 0.1) is 19.8 Å². The van der Waals surface area contributed by atoms with Gasteiger partial charge in [-0.15, -0.1) is 0 Å². The van der Waals surface area contributed by atoms with Crippen LogP contribution >= 0.6 is 0 Å². The number of methoxy groups -OCH3 is 1. The number of nitrogens with one attached hydrogen (secondary N) is 1. The van der Waals surface area contributed by atoms with Gasteiger partial charge in [0.1, 0.15) is 5.75 Å². The SMILES string of the molecule is COc1cc(C)c(CCNC(=O)C(C)C)cc1C. The van der Waals surface area contributed by atoms with E-state index in [0.29, 0.717) is 6.54 Å². The Morgan fingerprint density at radius 1 is 1.28 bits per heavy atom. The number of amides is 1. The number of hydrogen-bond donors (Lipinski definition) is 1. The number of aryl methyl sites for hydroxylation is 2. The van der Waals surface area contributed by atoms with E-state index in [2.05, 4.69) is 24.4 Å². The molecule has 0 saturated heterocycles. The second-order valence-corrected chi connectivity index (χ2v) is 4.94. The maximum Gasteiger partial charge on any atom is 0.222 e. The van der Waals surface area contributed by atoms with Gasteiger partial charge in [-0.25, -0.2) is 0 Å². The number of carbonyl (C=O) groups excluding carboxylic acids is 1. The van der Waals surface area contributed by atoms with Gasteiger partial charge in [-0.05, 0) is 43.0 Å². The zero-order chi connectivity index (χ0) is 13.7. The fraction of sp³-hybridized carbons (Fsp3) is 0.533. The molecule has 0 spiro atoms. The summed E-state index contributed by atoms with van der Waals surface area (Å²) in [7, 11) is 1.68. The van der Waals surface area contributed by atoms with Crippen LogP contribution in [0.1, 0.15) is 30.5 Å². The summed E-state index contributed by atoms with van der Waals surface area (Å²) in [5.74, 6) is 1.07. The Labute approximate surface area is 110 Å². The molecule has 0 aromatic heterocycles. The third kappa shape index (κ3) is 3.76. The smallest absolute Gasteiger partial charge is 0.222 e. The maximum absolute atomic E-state index is 11.5. The van der Waals surface area contributed by atoms with Crippen LogP contribution in [-0.4, -0.2) is 19.6 Å². The second-order valence-electron chi connectivity index (χ2n) is 4.94. The van der Waals surface area contributed by atoms with Crippen LogP contribution in [0.3, 0.4) is 0 Å². The fourth-order valence-corrected chi connectivity index (χ4v) is 1.86. The van der Waals surface area contributed by atoms with Gasteiger partial charge in [-0.1, -0.05) is 19.9 Å². The Balaban J connectivity index is 2.63. The molecule has 0 heterocycles. The van der Waals surface area contributed by atoms with Gasteiger partial charge in [0.05, 0.1) is 7.11 Å². The molecule has 1 aromatic rings. The molecule has 3 heteroatoms. The molecule has 1 N–H and O–H groups in total. The first kappa shape index (κ1) is 14.6. The molecule has 0 radical (unpaired) electrons. The second kappa shape index (κ2) is 6.43. The Bertz CT molecular complexity index is 425. The standard InChI is InChI=1S/C15H23NO2/c1-10(2)15(17)16-7-6-13-8-12(4)14(18-5)9-11(13)3/h8-10H,6-7H2,1-5H3,(H,16,17). The first-order valence-corrected chi connectivity index (χ1v) is 6.37. The summed E-state index contributed by atoms with van der Waals surface area (Å²) in [6.07, 6.45) is 0.856. The van der Waals surface area contributed by atoms with Crippen molar-refractivity contribution in [3.05, 3.63) is 28.8 Å². The number of benzene rings is 1. The topological polar surface area (TPSA) is 38.3 Å². The van der Waals surface area contributed by atoms with Crippen LogP contribution in [-0.2, 0) is 11.2 Å². The van der Waals surface area contributed by atoms with Gasteiger partial charge in [0.15, 0.2) is 0 Å². The Morgan fingerprint density at radius 2 is 1.94 bits per heavy atom. The molecule has 18 heavy (non-hydrogen) atoms. The third-order valence-corrected chi connectivity index (χ3v) is 3.07. The van der Waals surface area contributed by atoms with Gasteiger partial charge < -0.3 is 10.1 Å². The summed E-state index contributed by atoms with van der Waals surface area (Å²) in [6.45, 7) is 8.59. The molecular formula is C15H23NO2. The van der Waals surface area contributed by atoms with Gasteiger partial charge in [0.25, 0.3) is 0 Å². The van der Waals surface area contributed by atoms with Gasteiger partial charge >= 0.3 is 0 Å². The van der Waals surface area contributed by atoms with E-state index < -0.39 is 0 Å². The summed E-state index contributed by atoms with van der Waals surface area (Å²) >= 11 is 0. The normalized spacial score (nSPS) is 10.6. The quantitative estimate of drug-likeness (QED) is 0.871. The Morgan fingerprint density at radius 3 is 2.50 bits per heavy atom. The van der Waals surface area contributed by atoms with Gasteiger partial charge in [-0.2, -0.15) is 0 Å². The molecule has 0 aliphatic rings. The van der Waals surface area contributed by atoms with Crippen LogP contribution < -0.4 is 10.1 Å². The summed E-state index contributed by atoms with van der Waals surface area (Å²) in [5.41, 5.74) is 3.60. The van der Waals surface area contributed by atoms with Crippen molar-refractivity contribution in [2.45, 2.75) is 34.1 Å². The zero-order valence-corrected chi connectivity index (χ0v) is 12.0. The van der Waals surface area contributed by atoms with Crippen molar-refractivity contribution in [1.82, 2.24) is 5.32 Å². The lowest BCUT2D eigenvalue weighted by atomic mass is 10.0. The highest BCUT2D eigenvalue weighted by Crippen LogP contribution is 2.22. The first-order chi connectivity index (χ1) is 8.45. The lowest BCUT2D eigenvalue weighted by molar-refractivity contribution is -0.123. The molecule has 0 unspecified atom stereocenters. The van der Waals surface area contributed by atoms with Crippen molar-refractivity contribution in [2.24, 2.45) is 5.92 Å². The van der Waals surface area contributed by atoms with E-state index in [1.807, 2.05) is 20.8 Å². The van der Waals surface area contributed by atoms with Gasteiger partial charge in [-0.3, -0.25) is 4.79 Å². The summed E-state index contributed by atoms with van der Waals surface area (Å²) in [5, 5.41) is 2.94. The van der Waals surface area contributed by atoms with Crippen LogP contribution in [0.25, 0.3) is 0 Å². The molecule has 0 atom stereocenters. The van der Waals surface area contributed by atoms with Crippen LogP contribution in [0.2, 0.25) is 0 Å². The minimum absolute atomic E-state index is 0.0451. The lowest BCUT2D eigenvalue weighted by Gasteiger charge is -2.12. The third-order valence-electron chi connectivity index (χ3n) is 3.07.